The highest BCUT2D eigenvalue weighted by Crippen LogP contribution is 2.25. The number of nitrogens with one attached hydrogen (secondary N) is 1. The van der Waals surface area contributed by atoms with Crippen LogP contribution < -0.4 is 10.1 Å². The first kappa shape index (κ1) is 13.1. The van der Waals surface area contributed by atoms with Gasteiger partial charge in [0, 0.05) is 13.0 Å². The summed E-state index contributed by atoms with van der Waals surface area (Å²) in [4.78, 5) is 10.8. The molecule has 1 aromatic carbocycles. The molecule has 0 aliphatic carbocycles. The Morgan fingerprint density at radius 1 is 1.39 bits per heavy atom. The Morgan fingerprint density at radius 2 is 2.28 bits per heavy atom. The van der Waals surface area contributed by atoms with Gasteiger partial charge in [-0.3, -0.25) is 4.79 Å². The Hall–Kier alpha value is -1.35. The van der Waals surface area contributed by atoms with Crippen LogP contribution >= 0.6 is 0 Å². The summed E-state index contributed by atoms with van der Waals surface area (Å²) in [7, 11) is 0. The maximum atomic E-state index is 10.8. The van der Waals surface area contributed by atoms with Gasteiger partial charge in [0.25, 0.3) is 0 Å². The molecular weight excluding hydrogens is 226 g/mol. The summed E-state index contributed by atoms with van der Waals surface area (Å²) in [5.74, 6) is 1.29. The van der Waals surface area contributed by atoms with Crippen molar-refractivity contribution in [3.63, 3.8) is 0 Å². The molecule has 0 fully saturated rings. The molecule has 1 aromatic rings. The largest absolute Gasteiger partial charge is 0.493 e. The van der Waals surface area contributed by atoms with E-state index in [0.717, 1.165) is 44.7 Å². The number of ether oxygens (including phenoxy) is 1. The number of benzene rings is 1. The number of hydrogen-bond acceptors (Lipinski definition) is 3. The number of aryl methyl sites for hydroxylation is 1. The van der Waals surface area contributed by atoms with Gasteiger partial charge in [-0.1, -0.05) is 12.1 Å². The number of hydrogen-bond donors (Lipinski definition) is 1. The minimum atomic E-state index is 0.244. The van der Waals surface area contributed by atoms with Gasteiger partial charge in [-0.2, -0.15) is 0 Å². The van der Waals surface area contributed by atoms with Crippen LogP contribution in [0.2, 0.25) is 0 Å². The van der Waals surface area contributed by atoms with Crippen LogP contribution in [-0.2, 0) is 17.6 Å². The molecule has 1 aliphatic heterocycles. The SMILES string of the molecule is CC(=O)CCNCCc1ccc2c(c1)CCCO2. The molecule has 3 nitrogen and oxygen atoms in total. The number of carbonyl (C=O) groups excluding carboxylic acids is 1. The van der Waals surface area contributed by atoms with E-state index in [0.29, 0.717) is 6.42 Å². The van der Waals surface area contributed by atoms with Crippen LogP contribution in [0.25, 0.3) is 0 Å². The Kier molecular flexibility index (Phi) is 4.76. The molecule has 3 heteroatoms. The molecular formula is C15H21NO2. The lowest BCUT2D eigenvalue weighted by Crippen LogP contribution is -2.20. The van der Waals surface area contributed by atoms with Gasteiger partial charge in [-0.15, -0.1) is 0 Å². The maximum Gasteiger partial charge on any atom is 0.131 e. The summed E-state index contributed by atoms with van der Waals surface area (Å²) in [5.41, 5.74) is 2.68. The van der Waals surface area contributed by atoms with Gasteiger partial charge in [0.1, 0.15) is 11.5 Å². The number of carbonyl (C=O) groups is 1. The number of rotatable bonds is 6. The van der Waals surface area contributed by atoms with Gasteiger partial charge in [0.15, 0.2) is 0 Å². The van der Waals surface area contributed by atoms with Gasteiger partial charge in [0.2, 0.25) is 0 Å². The molecule has 1 N–H and O–H groups in total. The fourth-order valence-corrected chi connectivity index (χ4v) is 2.19. The predicted octanol–water partition coefficient (Wildman–Crippen LogP) is 2.12. The normalized spacial score (nSPS) is 13.8. The number of Topliss-reactive ketones (excluding diaryl/α,β-unsaturated/α-hetero) is 1. The monoisotopic (exact) mass is 247 g/mol. The fourth-order valence-electron chi connectivity index (χ4n) is 2.19. The first-order valence-corrected chi connectivity index (χ1v) is 6.70. The highest BCUT2D eigenvalue weighted by atomic mass is 16.5. The number of fused-ring (bicyclic) bond motifs is 1. The van der Waals surface area contributed by atoms with Crippen molar-refractivity contribution in [3.8, 4) is 5.75 Å². The van der Waals surface area contributed by atoms with Crippen LogP contribution in [0.1, 0.15) is 30.9 Å². The zero-order chi connectivity index (χ0) is 12.8. The van der Waals surface area contributed by atoms with Gasteiger partial charge < -0.3 is 10.1 Å². The van der Waals surface area contributed by atoms with Gasteiger partial charge >= 0.3 is 0 Å². The molecule has 0 radical (unpaired) electrons. The van der Waals surface area contributed by atoms with Crippen LogP contribution in [-0.4, -0.2) is 25.5 Å². The average Bonchev–Trinajstić information content (AvgIpc) is 2.38. The lowest BCUT2D eigenvalue weighted by molar-refractivity contribution is -0.116. The standard InChI is InChI=1S/C15H21NO2/c1-12(17)6-8-16-9-7-13-4-5-15-14(11-13)3-2-10-18-15/h4-5,11,16H,2-3,6-10H2,1H3. The van der Waals surface area contributed by atoms with Gasteiger partial charge in [-0.05, 0) is 49.9 Å². The smallest absolute Gasteiger partial charge is 0.131 e. The van der Waals surface area contributed by atoms with Crippen molar-refractivity contribution in [1.29, 1.82) is 0 Å². The molecule has 0 atom stereocenters. The van der Waals surface area contributed by atoms with E-state index in [1.165, 1.54) is 11.1 Å². The van der Waals surface area contributed by atoms with E-state index in [4.69, 9.17) is 4.74 Å². The molecule has 0 spiro atoms. The minimum absolute atomic E-state index is 0.244. The van der Waals surface area contributed by atoms with Crippen molar-refractivity contribution in [2.45, 2.75) is 32.6 Å². The molecule has 1 heterocycles. The molecule has 18 heavy (non-hydrogen) atoms. The van der Waals surface area contributed by atoms with Crippen molar-refractivity contribution < 1.29 is 9.53 Å². The first-order valence-electron chi connectivity index (χ1n) is 6.70. The van der Waals surface area contributed by atoms with Crippen LogP contribution in [0.5, 0.6) is 5.75 Å². The number of ketones is 1. The highest BCUT2D eigenvalue weighted by molar-refractivity contribution is 5.75. The minimum Gasteiger partial charge on any atom is -0.493 e. The van der Waals surface area contributed by atoms with E-state index >= 15 is 0 Å². The van der Waals surface area contributed by atoms with Crippen molar-refractivity contribution in [2.24, 2.45) is 0 Å². The van der Waals surface area contributed by atoms with Crippen LogP contribution in [0, 0.1) is 0 Å². The first-order chi connectivity index (χ1) is 8.75. The second-order valence-electron chi connectivity index (χ2n) is 4.85. The Morgan fingerprint density at radius 3 is 3.11 bits per heavy atom. The van der Waals surface area contributed by atoms with Crippen LogP contribution in [0.4, 0.5) is 0 Å². The second-order valence-corrected chi connectivity index (χ2v) is 4.85. The van der Waals surface area contributed by atoms with E-state index < -0.39 is 0 Å². The Labute approximate surface area is 109 Å². The summed E-state index contributed by atoms with van der Waals surface area (Å²) in [6.45, 7) is 4.18. The summed E-state index contributed by atoms with van der Waals surface area (Å²) >= 11 is 0. The van der Waals surface area contributed by atoms with E-state index in [1.54, 1.807) is 6.92 Å². The summed E-state index contributed by atoms with van der Waals surface area (Å²) < 4.78 is 5.59. The zero-order valence-electron chi connectivity index (χ0n) is 11.0. The van der Waals surface area contributed by atoms with Gasteiger partial charge in [0.05, 0.1) is 6.61 Å². The molecule has 98 valence electrons. The summed E-state index contributed by atoms with van der Waals surface area (Å²) in [6.07, 6.45) is 3.87. The quantitative estimate of drug-likeness (QED) is 0.783. The zero-order valence-corrected chi connectivity index (χ0v) is 11.0. The molecule has 2 rings (SSSR count). The van der Waals surface area contributed by atoms with Crippen LogP contribution in [0.3, 0.4) is 0 Å². The molecule has 0 unspecified atom stereocenters. The Bertz CT molecular complexity index is 415. The van der Waals surface area contributed by atoms with E-state index in [1.807, 2.05) is 0 Å². The topological polar surface area (TPSA) is 38.3 Å². The fraction of sp³-hybridized carbons (Fsp3) is 0.533. The van der Waals surface area contributed by atoms with E-state index in [-0.39, 0.29) is 5.78 Å². The maximum absolute atomic E-state index is 10.8. The van der Waals surface area contributed by atoms with E-state index in [2.05, 4.69) is 23.5 Å². The van der Waals surface area contributed by atoms with Crippen molar-refractivity contribution in [1.82, 2.24) is 5.32 Å². The van der Waals surface area contributed by atoms with Crippen LogP contribution in [0.15, 0.2) is 18.2 Å². The van der Waals surface area contributed by atoms with Crippen molar-refractivity contribution in [3.05, 3.63) is 29.3 Å². The Balaban J connectivity index is 1.77. The lowest BCUT2D eigenvalue weighted by Gasteiger charge is -2.17. The van der Waals surface area contributed by atoms with Crippen molar-refractivity contribution >= 4 is 5.78 Å². The molecule has 0 saturated heterocycles. The molecule has 0 aromatic heterocycles. The molecule has 0 saturated carbocycles. The van der Waals surface area contributed by atoms with Gasteiger partial charge in [-0.25, -0.2) is 0 Å². The molecule has 0 bridgehead atoms. The third kappa shape index (κ3) is 3.84. The van der Waals surface area contributed by atoms with Crippen molar-refractivity contribution in [2.75, 3.05) is 19.7 Å². The lowest BCUT2D eigenvalue weighted by atomic mass is 10.0. The van der Waals surface area contributed by atoms with E-state index in [9.17, 15) is 4.79 Å². The third-order valence-electron chi connectivity index (χ3n) is 3.22. The molecule has 1 aliphatic rings. The summed E-state index contributed by atoms with van der Waals surface area (Å²) in [6, 6.07) is 6.47. The second kappa shape index (κ2) is 6.55. The molecule has 0 amide bonds. The average molecular weight is 247 g/mol. The highest BCUT2D eigenvalue weighted by Gasteiger charge is 2.10. The summed E-state index contributed by atoms with van der Waals surface area (Å²) in [5, 5.41) is 3.29. The third-order valence-corrected chi connectivity index (χ3v) is 3.22. The predicted molar refractivity (Wildman–Crippen MR) is 72.1 cm³/mol.